The molecule has 1 rings (SSSR count). The molecule has 1 aromatic rings. The summed E-state index contributed by atoms with van der Waals surface area (Å²) in [6.07, 6.45) is 0. The van der Waals surface area contributed by atoms with E-state index in [1.807, 2.05) is 30.3 Å². The summed E-state index contributed by atoms with van der Waals surface area (Å²) < 4.78 is 5.65. The third kappa shape index (κ3) is 3.14. The summed E-state index contributed by atoms with van der Waals surface area (Å²) in [5.74, 6) is 0. The Morgan fingerprint density at radius 3 is 2.46 bits per heavy atom. The lowest BCUT2D eigenvalue weighted by molar-refractivity contribution is 0.239. The maximum absolute atomic E-state index is 5.87. The number of benzene rings is 1. The van der Waals surface area contributed by atoms with Gasteiger partial charge in [-0.15, -0.1) is 0 Å². The lowest BCUT2D eigenvalue weighted by Gasteiger charge is -2.06. The van der Waals surface area contributed by atoms with Crippen molar-refractivity contribution in [1.29, 1.82) is 0 Å². The predicted octanol–water partition coefficient (Wildman–Crippen LogP) is 3.64. The van der Waals surface area contributed by atoms with Crippen molar-refractivity contribution in [2.45, 2.75) is 0 Å². The van der Waals surface area contributed by atoms with Crippen LogP contribution in [0, 0.1) is 0 Å². The highest BCUT2D eigenvalue weighted by molar-refractivity contribution is 9.12. The first-order chi connectivity index (χ1) is 6.25. The van der Waals surface area contributed by atoms with Gasteiger partial charge in [0, 0.05) is 12.7 Å². The number of halogens is 2. The second-order valence-electron chi connectivity index (χ2n) is 2.54. The van der Waals surface area contributed by atoms with Crippen molar-refractivity contribution in [2.75, 3.05) is 13.7 Å². The zero-order chi connectivity index (χ0) is 9.68. The average Bonchev–Trinajstić information content (AvgIpc) is 2.15. The molecule has 0 atom stereocenters. The van der Waals surface area contributed by atoms with Gasteiger partial charge in [-0.05, 0) is 21.5 Å². The average molecular weight is 262 g/mol. The van der Waals surface area contributed by atoms with Gasteiger partial charge < -0.3 is 4.74 Å². The summed E-state index contributed by atoms with van der Waals surface area (Å²) in [5, 5.41) is 0. The van der Waals surface area contributed by atoms with E-state index < -0.39 is 0 Å². The first kappa shape index (κ1) is 10.8. The summed E-state index contributed by atoms with van der Waals surface area (Å²) in [4.78, 5) is 0. The molecule has 0 saturated carbocycles. The standard InChI is InChI=1S/C10H10BrClO/c1-13-7-9(10(11)12)8-5-3-2-4-6-8/h2-6H,7H2,1H3/b10-9+. The third-order valence-corrected chi connectivity index (χ3v) is 2.35. The zero-order valence-electron chi connectivity index (χ0n) is 7.26. The van der Waals surface area contributed by atoms with Crippen molar-refractivity contribution in [1.82, 2.24) is 0 Å². The van der Waals surface area contributed by atoms with Crippen LogP contribution in [0.3, 0.4) is 0 Å². The minimum Gasteiger partial charge on any atom is -0.380 e. The molecule has 0 amide bonds. The van der Waals surface area contributed by atoms with Gasteiger partial charge in [0.2, 0.25) is 0 Å². The molecule has 0 spiro atoms. The van der Waals surface area contributed by atoms with E-state index in [9.17, 15) is 0 Å². The molecule has 3 heteroatoms. The molecule has 0 saturated heterocycles. The molecule has 70 valence electrons. The van der Waals surface area contributed by atoms with E-state index in [-0.39, 0.29) is 0 Å². The molecule has 0 radical (unpaired) electrons. The van der Waals surface area contributed by atoms with Crippen LogP contribution in [0.4, 0.5) is 0 Å². The number of rotatable bonds is 3. The van der Waals surface area contributed by atoms with Crippen LogP contribution in [0.25, 0.3) is 5.57 Å². The highest BCUT2D eigenvalue weighted by Crippen LogP contribution is 2.25. The van der Waals surface area contributed by atoms with Crippen LogP contribution in [0.15, 0.2) is 34.3 Å². The van der Waals surface area contributed by atoms with Crippen LogP contribution in [-0.4, -0.2) is 13.7 Å². The summed E-state index contributed by atoms with van der Waals surface area (Å²) in [7, 11) is 1.65. The normalized spacial score (nSPS) is 12.5. The fraction of sp³-hybridized carbons (Fsp3) is 0.200. The summed E-state index contributed by atoms with van der Waals surface area (Å²) in [6.45, 7) is 0.508. The van der Waals surface area contributed by atoms with E-state index >= 15 is 0 Å². The Balaban J connectivity index is 2.97. The SMILES string of the molecule is COC/C(=C(\Cl)Br)c1ccccc1. The Labute approximate surface area is 91.5 Å². The summed E-state index contributed by atoms with van der Waals surface area (Å²) in [6, 6.07) is 9.90. The van der Waals surface area contributed by atoms with E-state index in [1.165, 1.54) is 0 Å². The van der Waals surface area contributed by atoms with Crippen LogP contribution >= 0.6 is 27.5 Å². The lowest BCUT2D eigenvalue weighted by Crippen LogP contribution is -1.94. The molecule has 0 bridgehead atoms. The van der Waals surface area contributed by atoms with Gasteiger partial charge in [0.25, 0.3) is 0 Å². The van der Waals surface area contributed by atoms with E-state index in [1.54, 1.807) is 7.11 Å². The van der Waals surface area contributed by atoms with Gasteiger partial charge in [0.15, 0.2) is 0 Å². The van der Waals surface area contributed by atoms with Crippen LogP contribution < -0.4 is 0 Å². The van der Waals surface area contributed by atoms with E-state index in [0.29, 0.717) is 10.5 Å². The Kier molecular flexibility index (Phi) is 4.50. The van der Waals surface area contributed by atoms with Gasteiger partial charge in [-0.1, -0.05) is 41.9 Å². The second kappa shape index (κ2) is 5.43. The molecule has 0 aliphatic carbocycles. The topological polar surface area (TPSA) is 9.23 Å². The zero-order valence-corrected chi connectivity index (χ0v) is 9.60. The van der Waals surface area contributed by atoms with Gasteiger partial charge in [-0.2, -0.15) is 0 Å². The number of hydrogen-bond acceptors (Lipinski definition) is 1. The Bertz CT molecular complexity index is 291. The molecule has 0 aliphatic rings. The van der Waals surface area contributed by atoms with E-state index in [2.05, 4.69) is 15.9 Å². The minimum atomic E-state index is 0.508. The van der Waals surface area contributed by atoms with Gasteiger partial charge in [0.05, 0.1) is 10.5 Å². The largest absolute Gasteiger partial charge is 0.380 e. The first-order valence-electron chi connectivity index (χ1n) is 3.84. The molecule has 0 fully saturated rings. The lowest BCUT2D eigenvalue weighted by atomic mass is 10.1. The van der Waals surface area contributed by atoms with Crippen molar-refractivity contribution in [3.8, 4) is 0 Å². The second-order valence-corrected chi connectivity index (χ2v) is 4.17. The van der Waals surface area contributed by atoms with Crippen molar-refractivity contribution in [2.24, 2.45) is 0 Å². The summed E-state index contributed by atoms with van der Waals surface area (Å²) in [5.41, 5.74) is 2.04. The molecule has 1 nitrogen and oxygen atoms in total. The third-order valence-electron chi connectivity index (χ3n) is 1.64. The molecular weight excluding hydrogens is 251 g/mol. The van der Waals surface area contributed by atoms with Crippen molar-refractivity contribution >= 4 is 33.1 Å². The Hall–Kier alpha value is -0.310. The van der Waals surface area contributed by atoms with Crippen LogP contribution in [0.5, 0.6) is 0 Å². The quantitative estimate of drug-likeness (QED) is 0.807. The monoisotopic (exact) mass is 260 g/mol. The molecule has 0 unspecified atom stereocenters. The first-order valence-corrected chi connectivity index (χ1v) is 5.01. The molecule has 0 heterocycles. The van der Waals surface area contributed by atoms with Crippen molar-refractivity contribution < 1.29 is 4.74 Å². The number of ether oxygens (including phenoxy) is 1. The maximum Gasteiger partial charge on any atom is 0.0895 e. The molecule has 0 N–H and O–H groups in total. The van der Waals surface area contributed by atoms with E-state index in [4.69, 9.17) is 16.3 Å². The van der Waals surface area contributed by atoms with Crippen LogP contribution in [0.1, 0.15) is 5.56 Å². The van der Waals surface area contributed by atoms with Crippen LogP contribution in [0.2, 0.25) is 0 Å². The van der Waals surface area contributed by atoms with Crippen molar-refractivity contribution in [3.05, 3.63) is 39.8 Å². The predicted molar refractivity (Wildman–Crippen MR) is 60.0 cm³/mol. The van der Waals surface area contributed by atoms with Gasteiger partial charge >= 0.3 is 0 Å². The number of methoxy groups -OCH3 is 1. The highest BCUT2D eigenvalue weighted by Gasteiger charge is 2.04. The minimum absolute atomic E-state index is 0.508. The summed E-state index contributed by atoms with van der Waals surface area (Å²) >= 11 is 9.12. The Morgan fingerprint density at radius 2 is 2.00 bits per heavy atom. The molecule has 13 heavy (non-hydrogen) atoms. The molecular formula is C10H10BrClO. The van der Waals surface area contributed by atoms with Gasteiger partial charge in [-0.3, -0.25) is 0 Å². The molecule has 1 aromatic carbocycles. The smallest absolute Gasteiger partial charge is 0.0895 e. The fourth-order valence-electron chi connectivity index (χ4n) is 1.03. The molecule has 0 aliphatic heterocycles. The Morgan fingerprint density at radius 1 is 1.38 bits per heavy atom. The van der Waals surface area contributed by atoms with Crippen molar-refractivity contribution in [3.63, 3.8) is 0 Å². The van der Waals surface area contributed by atoms with Gasteiger partial charge in [-0.25, -0.2) is 0 Å². The number of hydrogen-bond donors (Lipinski definition) is 0. The van der Waals surface area contributed by atoms with Crippen LogP contribution in [-0.2, 0) is 4.74 Å². The molecule has 0 aromatic heterocycles. The fourth-order valence-corrected chi connectivity index (χ4v) is 1.54. The maximum atomic E-state index is 5.87. The van der Waals surface area contributed by atoms with E-state index in [0.717, 1.165) is 11.1 Å². The highest BCUT2D eigenvalue weighted by atomic mass is 79.9. The van der Waals surface area contributed by atoms with Gasteiger partial charge in [0.1, 0.15) is 0 Å².